The standard InChI is InChI=1S/C21H24N4O2S/c1-13(2)20-25-17-6-5-15(11-19(17)28-20)23-21(26)24-16-7-9-27-18(10-16)14-4-3-8-22-12-14/h3-6,8,11-13,16,18H,7,9-10H2,1-2H3,(H2,23,24,26)/t16-,18-/m0/s1. The van der Waals surface area contributed by atoms with Gasteiger partial charge in [0.25, 0.3) is 0 Å². The highest BCUT2D eigenvalue weighted by Gasteiger charge is 2.25. The lowest BCUT2D eigenvalue weighted by molar-refractivity contribution is 0.00235. The Labute approximate surface area is 168 Å². The summed E-state index contributed by atoms with van der Waals surface area (Å²) in [6.45, 7) is 4.89. The van der Waals surface area contributed by atoms with Crippen LogP contribution in [-0.2, 0) is 4.74 Å². The number of benzene rings is 1. The number of hydrogen-bond donors (Lipinski definition) is 2. The van der Waals surface area contributed by atoms with E-state index in [2.05, 4.69) is 34.4 Å². The fourth-order valence-corrected chi connectivity index (χ4v) is 4.36. The lowest BCUT2D eigenvalue weighted by Crippen LogP contribution is -2.42. The molecule has 3 aromatic rings. The van der Waals surface area contributed by atoms with Gasteiger partial charge >= 0.3 is 6.03 Å². The summed E-state index contributed by atoms with van der Waals surface area (Å²) in [5, 5.41) is 7.14. The number of urea groups is 1. The van der Waals surface area contributed by atoms with Crippen molar-refractivity contribution in [1.82, 2.24) is 15.3 Å². The van der Waals surface area contributed by atoms with Crippen LogP contribution in [0, 0.1) is 0 Å². The van der Waals surface area contributed by atoms with Crippen LogP contribution >= 0.6 is 11.3 Å². The number of thiazole rings is 1. The molecule has 3 heterocycles. The van der Waals surface area contributed by atoms with Crippen molar-refractivity contribution in [2.24, 2.45) is 0 Å². The van der Waals surface area contributed by atoms with Crippen LogP contribution in [0.15, 0.2) is 42.7 Å². The van der Waals surface area contributed by atoms with Gasteiger partial charge in [0.05, 0.1) is 21.3 Å². The van der Waals surface area contributed by atoms with Gasteiger partial charge in [-0.15, -0.1) is 11.3 Å². The molecule has 4 rings (SSSR count). The number of ether oxygens (including phenoxy) is 1. The average molecular weight is 397 g/mol. The Kier molecular flexibility index (Phi) is 5.54. The predicted octanol–water partition coefficient (Wildman–Crippen LogP) is 4.86. The molecular weight excluding hydrogens is 372 g/mol. The maximum atomic E-state index is 12.5. The summed E-state index contributed by atoms with van der Waals surface area (Å²) in [6.07, 6.45) is 5.08. The molecule has 0 bridgehead atoms. The first-order valence-electron chi connectivity index (χ1n) is 9.58. The summed E-state index contributed by atoms with van der Waals surface area (Å²) < 4.78 is 6.93. The fraction of sp³-hybridized carbons (Fsp3) is 0.381. The molecule has 28 heavy (non-hydrogen) atoms. The molecule has 2 atom stereocenters. The van der Waals surface area contributed by atoms with Crippen molar-refractivity contribution in [2.45, 2.75) is 44.8 Å². The second-order valence-electron chi connectivity index (χ2n) is 7.35. The lowest BCUT2D eigenvalue weighted by Gasteiger charge is -2.30. The molecule has 0 saturated carbocycles. The SMILES string of the molecule is CC(C)c1nc2ccc(NC(=O)N[C@H]3CCO[C@H](c4cccnc4)C3)cc2s1. The largest absolute Gasteiger partial charge is 0.373 e. The number of hydrogen-bond acceptors (Lipinski definition) is 5. The van der Waals surface area contributed by atoms with Crippen molar-refractivity contribution in [2.75, 3.05) is 11.9 Å². The molecule has 1 fully saturated rings. The number of pyridine rings is 1. The fourth-order valence-electron chi connectivity index (χ4n) is 3.35. The molecule has 2 aromatic heterocycles. The van der Waals surface area contributed by atoms with Gasteiger partial charge in [-0.05, 0) is 42.7 Å². The highest BCUT2D eigenvalue weighted by Crippen LogP contribution is 2.30. The van der Waals surface area contributed by atoms with Crippen molar-refractivity contribution in [1.29, 1.82) is 0 Å². The summed E-state index contributed by atoms with van der Waals surface area (Å²) in [6, 6.07) is 9.64. The van der Waals surface area contributed by atoms with Gasteiger partial charge in [0, 0.05) is 36.6 Å². The second-order valence-corrected chi connectivity index (χ2v) is 8.42. The summed E-state index contributed by atoms with van der Waals surface area (Å²) >= 11 is 1.67. The van der Waals surface area contributed by atoms with Crippen molar-refractivity contribution in [3.8, 4) is 0 Å². The molecule has 146 valence electrons. The number of rotatable bonds is 4. The Morgan fingerprint density at radius 1 is 1.32 bits per heavy atom. The predicted molar refractivity (Wildman–Crippen MR) is 112 cm³/mol. The molecule has 6 nitrogen and oxygen atoms in total. The van der Waals surface area contributed by atoms with E-state index in [9.17, 15) is 4.79 Å². The minimum Gasteiger partial charge on any atom is -0.373 e. The maximum Gasteiger partial charge on any atom is 0.319 e. The van der Waals surface area contributed by atoms with Gasteiger partial charge in [0.15, 0.2) is 0 Å². The van der Waals surface area contributed by atoms with Crippen LogP contribution < -0.4 is 10.6 Å². The van der Waals surface area contributed by atoms with Crippen LogP contribution in [0.5, 0.6) is 0 Å². The molecule has 2 N–H and O–H groups in total. The minimum absolute atomic E-state index is 0.0317. The number of amides is 2. The van der Waals surface area contributed by atoms with Gasteiger partial charge in [-0.25, -0.2) is 9.78 Å². The van der Waals surface area contributed by atoms with Crippen LogP contribution in [-0.4, -0.2) is 28.6 Å². The van der Waals surface area contributed by atoms with Gasteiger partial charge in [-0.1, -0.05) is 19.9 Å². The summed E-state index contributed by atoms with van der Waals surface area (Å²) in [7, 11) is 0. The highest BCUT2D eigenvalue weighted by molar-refractivity contribution is 7.18. The number of carbonyl (C=O) groups is 1. The van der Waals surface area contributed by atoms with E-state index in [-0.39, 0.29) is 18.2 Å². The van der Waals surface area contributed by atoms with Crippen molar-refractivity contribution < 1.29 is 9.53 Å². The van der Waals surface area contributed by atoms with E-state index in [1.807, 2.05) is 36.5 Å². The van der Waals surface area contributed by atoms with Gasteiger partial charge in [-0.3, -0.25) is 4.98 Å². The van der Waals surface area contributed by atoms with E-state index in [0.717, 1.165) is 39.3 Å². The normalized spacial score (nSPS) is 19.7. The molecule has 0 aliphatic carbocycles. The van der Waals surface area contributed by atoms with E-state index in [1.165, 1.54) is 0 Å². The first kappa shape index (κ1) is 18.8. The molecular formula is C21H24N4O2S. The minimum atomic E-state index is -0.190. The van der Waals surface area contributed by atoms with Crippen molar-refractivity contribution in [3.05, 3.63) is 53.3 Å². The molecule has 1 aliphatic heterocycles. The summed E-state index contributed by atoms with van der Waals surface area (Å²) in [5.41, 5.74) is 2.80. The first-order valence-corrected chi connectivity index (χ1v) is 10.4. The lowest BCUT2D eigenvalue weighted by atomic mass is 9.99. The van der Waals surface area contributed by atoms with Gasteiger partial charge in [0.1, 0.15) is 0 Å². The van der Waals surface area contributed by atoms with Crippen LogP contribution in [0.3, 0.4) is 0 Å². The molecule has 1 aliphatic rings. The van der Waals surface area contributed by atoms with E-state index in [4.69, 9.17) is 4.74 Å². The van der Waals surface area contributed by atoms with Gasteiger partial charge in [0.2, 0.25) is 0 Å². The zero-order chi connectivity index (χ0) is 19.5. The third kappa shape index (κ3) is 4.31. The number of nitrogens with zero attached hydrogens (tertiary/aromatic N) is 2. The number of anilines is 1. The van der Waals surface area contributed by atoms with Crippen LogP contribution in [0.25, 0.3) is 10.2 Å². The third-order valence-corrected chi connectivity index (χ3v) is 6.15. The number of aromatic nitrogens is 2. The zero-order valence-corrected chi connectivity index (χ0v) is 16.8. The number of nitrogens with one attached hydrogen (secondary N) is 2. The Morgan fingerprint density at radius 2 is 2.21 bits per heavy atom. The molecule has 0 radical (unpaired) electrons. The number of fused-ring (bicyclic) bond motifs is 1. The molecule has 2 amide bonds. The second kappa shape index (κ2) is 8.24. The molecule has 0 unspecified atom stereocenters. The van der Waals surface area contributed by atoms with E-state index in [0.29, 0.717) is 12.5 Å². The Morgan fingerprint density at radius 3 is 3.00 bits per heavy atom. The topological polar surface area (TPSA) is 76.1 Å². The quantitative estimate of drug-likeness (QED) is 0.660. The monoisotopic (exact) mass is 396 g/mol. The highest BCUT2D eigenvalue weighted by atomic mass is 32.1. The Balaban J connectivity index is 1.38. The van der Waals surface area contributed by atoms with Crippen LogP contribution in [0.2, 0.25) is 0 Å². The summed E-state index contributed by atoms with van der Waals surface area (Å²) in [4.78, 5) is 21.3. The van der Waals surface area contributed by atoms with Crippen molar-refractivity contribution >= 4 is 33.3 Å². The smallest absolute Gasteiger partial charge is 0.319 e. The molecule has 1 saturated heterocycles. The van der Waals surface area contributed by atoms with E-state index >= 15 is 0 Å². The zero-order valence-electron chi connectivity index (χ0n) is 16.0. The number of carbonyl (C=O) groups excluding carboxylic acids is 1. The van der Waals surface area contributed by atoms with Gasteiger partial charge < -0.3 is 15.4 Å². The summed E-state index contributed by atoms with van der Waals surface area (Å²) in [5.74, 6) is 0.401. The molecule has 0 spiro atoms. The Bertz CT molecular complexity index is 957. The van der Waals surface area contributed by atoms with E-state index in [1.54, 1.807) is 17.5 Å². The van der Waals surface area contributed by atoms with Crippen LogP contribution in [0.4, 0.5) is 10.5 Å². The van der Waals surface area contributed by atoms with Crippen LogP contribution in [0.1, 0.15) is 49.3 Å². The van der Waals surface area contributed by atoms with E-state index < -0.39 is 0 Å². The first-order chi connectivity index (χ1) is 13.6. The molecule has 7 heteroatoms. The molecule has 1 aromatic carbocycles. The van der Waals surface area contributed by atoms with Crippen molar-refractivity contribution in [3.63, 3.8) is 0 Å². The maximum absolute atomic E-state index is 12.5. The third-order valence-electron chi connectivity index (χ3n) is 4.83. The Hall–Kier alpha value is -2.51. The van der Waals surface area contributed by atoms with Gasteiger partial charge in [-0.2, -0.15) is 0 Å². The average Bonchev–Trinajstić information content (AvgIpc) is 3.12.